The van der Waals surface area contributed by atoms with Gasteiger partial charge in [-0.15, -0.1) is 6.58 Å². The highest BCUT2D eigenvalue weighted by molar-refractivity contribution is 6.74. The van der Waals surface area contributed by atoms with Crippen LogP contribution >= 0.6 is 0 Å². The number of hydrogen-bond acceptors (Lipinski definition) is 2. The third-order valence-corrected chi connectivity index (χ3v) is 8.56. The lowest BCUT2D eigenvalue weighted by molar-refractivity contribution is -0.149. The van der Waals surface area contributed by atoms with E-state index < -0.39 is 19.7 Å². The second-order valence-electron chi connectivity index (χ2n) is 6.31. The maximum atomic E-state index is 11.3. The average molecular weight is 258 g/mol. The minimum absolute atomic E-state index is 0.0713. The van der Waals surface area contributed by atoms with Gasteiger partial charge < -0.3 is 9.53 Å². The van der Waals surface area contributed by atoms with E-state index in [-0.39, 0.29) is 11.1 Å². The smallest absolute Gasteiger partial charge is 0.315 e. The predicted molar refractivity (Wildman–Crippen MR) is 73.7 cm³/mol. The highest BCUT2D eigenvalue weighted by atomic mass is 28.4. The molecule has 4 heteroatoms. The Labute approximate surface area is 106 Å². The van der Waals surface area contributed by atoms with Crippen LogP contribution in [0.2, 0.25) is 18.1 Å². The first-order valence-electron chi connectivity index (χ1n) is 5.93. The number of carboxylic acids is 1. The van der Waals surface area contributed by atoms with Crippen LogP contribution in [0.3, 0.4) is 0 Å². The van der Waals surface area contributed by atoms with Crippen molar-refractivity contribution in [1.29, 1.82) is 0 Å². The Hall–Kier alpha value is -0.613. The van der Waals surface area contributed by atoms with Gasteiger partial charge in [-0.25, -0.2) is 0 Å². The molecule has 0 aromatic heterocycles. The van der Waals surface area contributed by atoms with Gasteiger partial charge in [-0.05, 0) is 32.0 Å². The monoisotopic (exact) mass is 258 g/mol. The molecule has 0 aliphatic heterocycles. The fourth-order valence-corrected chi connectivity index (χ4v) is 2.65. The molecule has 2 atom stereocenters. The molecule has 0 aromatic rings. The third kappa shape index (κ3) is 3.42. The van der Waals surface area contributed by atoms with Crippen molar-refractivity contribution in [3.8, 4) is 0 Å². The Morgan fingerprint density at radius 3 is 2.00 bits per heavy atom. The molecule has 100 valence electrons. The summed E-state index contributed by atoms with van der Waals surface area (Å²) in [6.07, 6.45) is 1.09. The Bertz CT molecular complexity index is 304. The van der Waals surface area contributed by atoms with Gasteiger partial charge in [0.25, 0.3) is 0 Å². The van der Waals surface area contributed by atoms with Gasteiger partial charge in [0.15, 0.2) is 8.32 Å². The maximum absolute atomic E-state index is 11.3. The molecule has 0 heterocycles. The molecule has 2 unspecified atom stereocenters. The standard InChI is InChI=1S/C13H26O3Si/c1-9-13(6,11(14)15)10(2)16-17(7,8)12(3,4)5/h9-10H,1H2,2-8H3,(H,14,15). The molecule has 0 radical (unpaired) electrons. The molecule has 0 spiro atoms. The summed E-state index contributed by atoms with van der Waals surface area (Å²) in [7, 11) is -1.95. The van der Waals surface area contributed by atoms with E-state index in [4.69, 9.17) is 4.43 Å². The van der Waals surface area contributed by atoms with E-state index in [1.807, 2.05) is 6.92 Å². The summed E-state index contributed by atoms with van der Waals surface area (Å²) in [4.78, 5) is 11.3. The average Bonchev–Trinajstić information content (AvgIpc) is 2.13. The third-order valence-electron chi connectivity index (χ3n) is 4.01. The van der Waals surface area contributed by atoms with Crippen molar-refractivity contribution in [3.63, 3.8) is 0 Å². The van der Waals surface area contributed by atoms with E-state index in [1.54, 1.807) is 6.92 Å². The van der Waals surface area contributed by atoms with Gasteiger partial charge in [0.1, 0.15) is 5.41 Å². The van der Waals surface area contributed by atoms with Crippen LogP contribution in [0.1, 0.15) is 34.6 Å². The van der Waals surface area contributed by atoms with Gasteiger partial charge in [0, 0.05) is 0 Å². The van der Waals surface area contributed by atoms with Crippen molar-refractivity contribution in [1.82, 2.24) is 0 Å². The Morgan fingerprint density at radius 2 is 1.76 bits per heavy atom. The van der Waals surface area contributed by atoms with Crippen molar-refractivity contribution >= 4 is 14.3 Å². The van der Waals surface area contributed by atoms with Crippen LogP contribution in [0.15, 0.2) is 12.7 Å². The first-order valence-corrected chi connectivity index (χ1v) is 8.84. The first kappa shape index (κ1) is 16.4. The van der Waals surface area contributed by atoms with Crippen LogP contribution in [0, 0.1) is 5.41 Å². The number of rotatable bonds is 5. The minimum atomic E-state index is -1.95. The second-order valence-corrected chi connectivity index (χ2v) is 11.1. The van der Waals surface area contributed by atoms with Crippen molar-refractivity contribution in [2.24, 2.45) is 5.41 Å². The van der Waals surface area contributed by atoms with E-state index in [0.717, 1.165) is 0 Å². The van der Waals surface area contributed by atoms with Crippen LogP contribution in [-0.4, -0.2) is 25.5 Å². The largest absolute Gasteiger partial charge is 0.481 e. The summed E-state index contributed by atoms with van der Waals surface area (Å²) in [6.45, 7) is 17.7. The van der Waals surface area contributed by atoms with E-state index >= 15 is 0 Å². The van der Waals surface area contributed by atoms with Crippen molar-refractivity contribution in [3.05, 3.63) is 12.7 Å². The molecule has 0 rings (SSSR count). The molecule has 1 N–H and O–H groups in total. The highest BCUT2D eigenvalue weighted by Crippen LogP contribution is 2.39. The van der Waals surface area contributed by atoms with Crippen LogP contribution < -0.4 is 0 Å². The zero-order valence-corrected chi connectivity index (χ0v) is 13.1. The lowest BCUT2D eigenvalue weighted by atomic mass is 9.85. The lowest BCUT2D eigenvalue weighted by Crippen LogP contribution is -2.49. The molecule has 0 aliphatic rings. The molecule has 0 saturated carbocycles. The van der Waals surface area contributed by atoms with Gasteiger partial charge in [0.2, 0.25) is 0 Å². The lowest BCUT2D eigenvalue weighted by Gasteiger charge is -2.41. The normalized spacial score (nSPS) is 18.3. The van der Waals surface area contributed by atoms with Gasteiger partial charge in [-0.3, -0.25) is 4.79 Å². The molecular formula is C13H26O3Si. The molecule has 0 amide bonds. The summed E-state index contributed by atoms with van der Waals surface area (Å²) < 4.78 is 6.11. The quantitative estimate of drug-likeness (QED) is 0.604. The zero-order valence-electron chi connectivity index (χ0n) is 12.1. The number of hydrogen-bond donors (Lipinski definition) is 1. The number of carboxylic acid groups (broad SMARTS) is 1. The summed E-state index contributed by atoms with van der Waals surface area (Å²) in [5.74, 6) is -0.890. The first-order chi connectivity index (χ1) is 7.38. The SMILES string of the molecule is C=CC(C)(C(=O)O)C(C)O[Si](C)(C)C(C)(C)C. The van der Waals surface area contributed by atoms with Crippen LogP contribution in [0.4, 0.5) is 0 Å². The maximum Gasteiger partial charge on any atom is 0.315 e. The summed E-state index contributed by atoms with van der Waals surface area (Å²) in [6, 6.07) is 0. The molecule has 0 saturated heterocycles. The van der Waals surface area contributed by atoms with E-state index in [1.165, 1.54) is 6.08 Å². The molecule has 3 nitrogen and oxygen atoms in total. The zero-order chi connectivity index (χ0) is 14.1. The number of aliphatic carboxylic acids is 1. The van der Waals surface area contributed by atoms with Gasteiger partial charge in [0.05, 0.1) is 6.10 Å². The minimum Gasteiger partial charge on any atom is -0.481 e. The second kappa shape index (κ2) is 4.94. The van der Waals surface area contributed by atoms with E-state index in [9.17, 15) is 9.90 Å². The molecule has 17 heavy (non-hydrogen) atoms. The van der Waals surface area contributed by atoms with Gasteiger partial charge in [-0.2, -0.15) is 0 Å². The molecule has 0 fully saturated rings. The highest BCUT2D eigenvalue weighted by Gasteiger charge is 2.44. The fraction of sp³-hybridized carbons (Fsp3) is 0.769. The fourth-order valence-electron chi connectivity index (χ4n) is 1.17. The molecule has 0 aromatic carbocycles. The van der Waals surface area contributed by atoms with E-state index in [0.29, 0.717) is 0 Å². The van der Waals surface area contributed by atoms with E-state index in [2.05, 4.69) is 40.4 Å². The van der Waals surface area contributed by atoms with Crippen molar-refractivity contribution in [2.75, 3.05) is 0 Å². The van der Waals surface area contributed by atoms with Crippen molar-refractivity contribution in [2.45, 2.75) is 58.9 Å². The van der Waals surface area contributed by atoms with Gasteiger partial charge >= 0.3 is 5.97 Å². The molecule has 0 bridgehead atoms. The van der Waals surface area contributed by atoms with Gasteiger partial charge in [-0.1, -0.05) is 26.8 Å². The Morgan fingerprint density at radius 1 is 1.35 bits per heavy atom. The number of carbonyl (C=O) groups is 1. The van der Waals surface area contributed by atoms with Crippen LogP contribution in [0.5, 0.6) is 0 Å². The summed E-state index contributed by atoms with van der Waals surface area (Å²) in [5.41, 5.74) is -1.03. The Kier molecular flexibility index (Phi) is 4.76. The predicted octanol–water partition coefficient (Wildman–Crippen LogP) is 3.67. The summed E-state index contributed by atoms with van der Waals surface area (Å²) in [5, 5.41) is 9.34. The van der Waals surface area contributed by atoms with Crippen molar-refractivity contribution < 1.29 is 14.3 Å². The summed E-state index contributed by atoms with van der Waals surface area (Å²) >= 11 is 0. The van der Waals surface area contributed by atoms with Crippen LogP contribution in [-0.2, 0) is 9.22 Å². The topological polar surface area (TPSA) is 46.5 Å². The molecular weight excluding hydrogens is 232 g/mol. The Balaban J connectivity index is 5.04. The molecule has 0 aliphatic carbocycles. The van der Waals surface area contributed by atoms with Crippen LogP contribution in [0.25, 0.3) is 0 Å².